The number of carbonyl (C=O) groups excluding carboxylic acids is 2. The second-order valence-electron chi connectivity index (χ2n) is 9.52. The van der Waals surface area contributed by atoms with Crippen molar-refractivity contribution in [3.63, 3.8) is 0 Å². The number of rotatable bonds is 6. The van der Waals surface area contributed by atoms with Gasteiger partial charge in [0.05, 0.1) is 17.5 Å². The fraction of sp³-hybridized carbons (Fsp3) is 0.259. The molecule has 1 aromatic carbocycles. The number of fused-ring (bicyclic) bond motifs is 3. The van der Waals surface area contributed by atoms with E-state index in [9.17, 15) is 9.59 Å². The maximum Gasteiger partial charge on any atom is 0.256 e. The number of piperidine rings is 1. The molecule has 3 atom stereocenters. The van der Waals surface area contributed by atoms with E-state index in [0.29, 0.717) is 45.2 Å². The minimum absolute atomic E-state index is 0.0101. The molecule has 1 aliphatic carbocycles. The van der Waals surface area contributed by atoms with E-state index >= 15 is 0 Å². The molecule has 4 aromatic rings. The first-order valence-electron chi connectivity index (χ1n) is 12.4. The van der Waals surface area contributed by atoms with Crippen molar-refractivity contribution in [2.75, 3.05) is 22.9 Å². The lowest BCUT2D eigenvalue weighted by molar-refractivity contribution is -0.128. The summed E-state index contributed by atoms with van der Waals surface area (Å²) in [5.41, 5.74) is 8.90. The quantitative estimate of drug-likeness (QED) is 0.265. The third-order valence-electron chi connectivity index (χ3n) is 7.24. The van der Waals surface area contributed by atoms with Crippen molar-refractivity contribution in [1.29, 1.82) is 0 Å². The van der Waals surface area contributed by atoms with Crippen LogP contribution in [0.15, 0.2) is 67.1 Å². The molecule has 10 nitrogen and oxygen atoms in total. The number of nitrogens with one attached hydrogen (secondary N) is 1. The van der Waals surface area contributed by atoms with Gasteiger partial charge in [-0.1, -0.05) is 40.2 Å². The maximum atomic E-state index is 12.8. The van der Waals surface area contributed by atoms with Gasteiger partial charge in [0, 0.05) is 29.2 Å². The van der Waals surface area contributed by atoms with E-state index in [1.54, 1.807) is 36.5 Å². The molecule has 2 aliphatic rings. The lowest BCUT2D eigenvalue weighted by atomic mass is 10.1. The van der Waals surface area contributed by atoms with Crippen LogP contribution in [0.25, 0.3) is 22.3 Å². The van der Waals surface area contributed by atoms with E-state index in [2.05, 4.69) is 36.2 Å². The van der Waals surface area contributed by atoms with Crippen LogP contribution in [0.3, 0.4) is 0 Å². The molecule has 2 amide bonds. The summed E-state index contributed by atoms with van der Waals surface area (Å²) in [6.07, 6.45) is 8.38. The van der Waals surface area contributed by atoms with Crippen LogP contribution in [0.5, 0.6) is 0 Å². The number of nitrogen functional groups attached to an aromatic ring is 1. The van der Waals surface area contributed by atoms with Gasteiger partial charge in [0.15, 0.2) is 5.65 Å². The Hall–Kier alpha value is -4.12. The van der Waals surface area contributed by atoms with E-state index in [-0.39, 0.29) is 23.9 Å². The zero-order valence-electron chi connectivity index (χ0n) is 20.4. The maximum absolute atomic E-state index is 12.8. The lowest BCUT2D eigenvalue weighted by Gasteiger charge is -2.32. The van der Waals surface area contributed by atoms with Crippen molar-refractivity contribution in [2.45, 2.75) is 24.9 Å². The van der Waals surface area contributed by atoms with Crippen molar-refractivity contribution in [3.05, 3.63) is 72.7 Å². The van der Waals surface area contributed by atoms with Gasteiger partial charge in [-0.2, -0.15) is 5.10 Å². The highest BCUT2D eigenvalue weighted by Crippen LogP contribution is 2.46. The van der Waals surface area contributed by atoms with Crippen molar-refractivity contribution in [1.82, 2.24) is 29.6 Å². The van der Waals surface area contributed by atoms with Crippen molar-refractivity contribution in [2.24, 2.45) is 5.92 Å². The highest BCUT2D eigenvalue weighted by Gasteiger charge is 2.48. The Bertz CT molecular complexity index is 1540. The fourth-order valence-corrected chi connectivity index (χ4v) is 5.77. The van der Waals surface area contributed by atoms with Gasteiger partial charge in [0.2, 0.25) is 5.91 Å². The summed E-state index contributed by atoms with van der Waals surface area (Å²) in [6, 6.07) is 12.5. The molecule has 11 heteroatoms. The van der Waals surface area contributed by atoms with Gasteiger partial charge in [-0.3, -0.25) is 9.59 Å². The molecular weight excluding hydrogens is 548 g/mol. The van der Waals surface area contributed by atoms with Gasteiger partial charge in [0.25, 0.3) is 5.91 Å². The number of halogens is 1. The summed E-state index contributed by atoms with van der Waals surface area (Å²) in [4.78, 5) is 40.4. The molecule has 1 aliphatic heterocycles. The summed E-state index contributed by atoms with van der Waals surface area (Å²) in [7, 11) is 0. The second kappa shape index (κ2) is 9.97. The number of benzene rings is 1. The lowest BCUT2D eigenvalue weighted by Crippen LogP contribution is -2.42. The molecule has 6 rings (SSSR count). The Balaban J connectivity index is 1.32. The smallest absolute Gasteiger partial charge is 0.256 e. The van der Waals surface area contributed by atoms with Crippen LogP contribution in [0.2, 0.25) is 0 Å². The van der Waals surface area contributed by atoms with Gasteiger partial charge in [-0.05, 0) is 49.1 Å². The van der Waals surface area contributed by atoms with Crippen molar-refractivity contribution < 1.29 is 9.59 Å². The third kappa shape index (κ3) is 4.32. The van der Waals surface area contributed by atoms with E-state index in [4.69, 9.17) is 10.8 Å². The molecule has 1 saturated heterocycles. The Kier molecular flexibility index (Phi) is 6.36. The number of carbonyl (C=O) groups is 2. The molecule has 2 fully saturated rings. The minimum Gasteiger partial charge on any atom is -0.383 e. The van der Waals surface area contributed by atoms with E-state index in [0.717, 1.165) is 24.9 Å². The topological polar surface area (TPSA) is 132 Å². The average molecular weight is 573 g/mol. The van der Waals surface area contributed by atoms with Crippen LogP contribution in [-0.2, 0) is 4.79 Å². The van der Waals surface area contributed by atoms with Crippen LogP contribution in [0, 0.1) is 5.92 Å². The number of nitrogens with zero attached hydrogens (tertiary/aromatic N) is 6. The standard InChI is InChI=1S/C27H25BrN8O2/c28-10-3-5-22(37)35-14-16-12-19(35)20(13-16)36-26-23(25(29)31-15-32-26)24(34-36)17-6-8-18(9-7-17)27(38)33-21-4-1-2-11-30-21/h1-9,11,15-16,19-20H,10,12-14H2,(H2,29,31,32)(H,30,33,38)/b5-3+. The first kappa shape index (κ1) is 24.2. The van der Waals surface area contributed by atoms with Gasteiger partial charge < -0.3 is 16.0 Å². The summed E-state index contributed by atoms with van der Waals surface area (Å²) in [5.74, 6) is 1.01. The molecule has 192 valence electrons. The second-order valence-corrected chi connectivity index (χ2v) is 10.2. The first-order valence-corrected chi connectivity index (χ1v) is 13.5. The van der Waals surface area contributed by atoms with Crippen LogP contribution in [0.4, 0.5) is 11.6 Å². The molecule has 4 heterocycles. The van der Waals surface area contributed by atoms with E-state index in [1.165, 1.54) is 6.33 Å². The molecule has 3 aromatic heterocycles. The zero-order chi connectivity index (χ0) is 26.2. The van der Waals surface area contributed by atoms with Crippen molar-refractivity contribution >= 4 is 50.4 Å². The average Bonchev–Trinajstić information content (AvgIpc) is 3.66. The molecule has 0 radical (unpaired) electrons. The number of anilines is 2. The van der Waals surface area contributed by atoms with Crippen LogP contribution < -0.4 is 11.1 Å². The number of hydrogen-bond donors (Lipinski definition) is 2. The molecule has 3 N–H and O–H groups in total. The summed E-state index contributed by atoms with van der Waals surface area (Å²) < 4.78 is 1.92. The number of alkyl halides is 1. The number of allylic oxidation sites excluding steroid dienone is 1. The molecule has 2 bridgehead atoms. The van der Waals surface area contributed by atoms with Crippen LogP contribution >= 0.6 is 15.9 Å². The number of hydrogen-bond acceptors (Lipinski definition) is 7. The first-order chi connectivity index (χ1) is 18.5. The number of nitrogens with two attached hydrogens (primary N) is 1. The fourth-order valence-electron chi connectivity index (χ4n) is 5.58. The van der Waals surface area contributed by atoms with Crippen LogP contribution in [-0.4, -0.2) is 59.4 Å². The zero-order valence-corrected chi connectivity index (χ0v) is 22.0. The summed E-state index contributed by atoms with van der Waals surface area (Å²) in [6.45, 7) is 0.762. The number of pyridine rings is 1. The molecule has 0 spiro atoms. The van der Waals surface area contributed by atoms with Gasteiger partial charge in [-0.15, -0.1) is 0 Å². The van der Waals surface area contributed by atoms with E-state index < -0.39 is 0 Å². The van der Waals surface area contributed by atoms with Crippen molar-refractivity contribution in [3.8, 4) is 11.3 Å². The number of amides is 2. The Morgan fingerprint density at radius 2 is 1.89 bits per heavy atom. The molecule has 3 unspecified atom stereocenters. The summed E-state index contributed by atoms with van der Waals surface area (Å²) in [5, 5.41) is 9.07. The Labute approximate surface area is 227 Å². The predicted molar refractivity (Wildman–Crippen MR) is 148 cm³/mol. The Morgan fingerprint density at radius 3 is 2.63 bits per heavy atom. The normalized spacial score (nSPS) is 20.4. The highest BCUT2D eigenvalue weighted by atomic mass is 79.9. The highest BCUT2D eigenvalue weighted by molar-refractivity contribution is 9.09. The molecule has 38 heavy (non-hydrogen) atoms. The Morgan fingerprint density at radius 1 is 1.08 bits per heavy atom. The third-order valence-corrected chi connectivity index (χ3v) is 7.61. The van der Waals surface area contributed by atoms with E-state index in [1.807, 2.05) is 33.9 Å². The predicted octanol–water partition coefficient (Wildman–Crippen LogP) is 3.84. The molecule has 1 saturated carbocycles. The van der Waals surface area contributed by atoms with Gasteiger partial charge in [0.1, 0.15) is 23.7 Å². The largest absolute Gasteiger partial charge is 0.383 e. The number of aromatic nitrogens is 5. The van der Waals surface area contributed by atoms with Crippen LogP contribution in [0.1, 0.15) is 29.2 Å². The van der Waals surface area contributed by atoms with Gasteiger partial charge in [-0.25, -0.2) is 19.6 Å². The SMILES string of the molecule is Nc1ncnc2c1c(-c1ccc(C(=O)Nc3ccccn3)cc1)nn2C1CC2CC1N(C(=O)/C=C/CBr)C2. The van der Waals surface area contributed by atoms with Gasteiger partial charge >= 0.3 is 0 Å². The minimum atomic E-state index is -0.255. The molecular formula is C27H25BrN8O2. The monoisotopic (exact) mass is 572 g/mol. The number of likely N-dealkylation sites (tertiary alicyclic amines) is 1. The summed E-state index contributed by atoms with van der Waals surface area (Å²) >= 11 is 3.34.